The third-order valence-corrected chi connectivity index (χ3v) is 4.59. The number of hydrogen-bond donors (Lipinski definition) is 2. The Hall–Kier alpha value is -0.910. The lowest BCUT2D eigenvalue weighted by atomic mass is 10.1. The first kappa shape index (κ1) is 14.5. The Morgan fingerprint density at radius 3 is 2.32 bits per heavy atom. The Kier molecular flexibility index (Phi) is 4.96. The molecule has 0 saturated carbocycles. The van der Waals surface area contributed by atoms with E-state index in [1.807, 2.05) is 18.2 Å². The molecule has 2 aromatic rings. The maximum Gasteiger partial charge on any atom is 0.123 e. The Morgan fingerprint density at radius 1 is 1.05 bits per heavy atom. The van der Waals surface area contributed by atoms with E-state index in [2.05, 4.69) is 37.2 Å². The van der Waals surface area contributed by atoms with Gasteiger partial charge in [-0.3, -0.25) is 0 Å². The lowest BCUT2D eigenvalue weighted by Crippen LogP contribution is -2.14. The highest BCUT2D eigenvalue weighted by atomic mass is 79.9. The van der Waals surface area contributed by atoms with Crippen LogP contribution in [0.2, 0.25) is 0 Å². The van der Waals surface area contributed by atoms with Crippen molar-refractivity contribution in [3.63, 3.8) is 0 Å². The lowest BCUT2D eigenvalue weighted by molar-refractivity contribution is 0.276. The number of aliphatic hydroxyl groups excluding tert-OH is 1. The highest BCUT2D eigenvalue weighted by molar-refractivity contribution is 9.13. The van der Waals surface area contributed by atoms with E-state index in [0.29, 0.717) is 0 Å². The Bertz CT molecular complexity index is 560. The van der Waals surface area contributed by atoms with Gasteiger partial charge in [0.05, 0.1) is 12.6 Å². The highest BCUT2D eigenvalue weighted by Crippen LogP contribution is 2.28. The minimum atomic E-state index is -0.280. The predicted molar refractivity (Wildman–Crippen MR) is 81.7 cm³/mol. The first-order chi connectivity index (χ1) is 9.10. The zero-order chi connectivity index (χ0) is 13.8. The normalized spacial score (nSPS) is 12.2. The quantitative estimate of drug-likeness (QED) is 0.808. The standard InChI is InChI=1S/C14H12Br2FNO/c15-12-6-1-9(7-13(12)16)14(8-19)18-11-4-2-10(17)3-5-11/h1-7,14,18-19H,8H2. The molecule has 0 saturated heterocycles. The summed E-state index contributed by atoms with van der Waals surface area (Å²) in [5.74, 6) is -0.280. The largest absolute Gasteiger partial charge is 0.394 e. The Labute approximate surface area is 127 Å². The van der Waals surface area contributed by atoms with E-state index in [9.17, 15) is 9.50 Å². The van der Waals surface area contributed by atoms with Crippen LogP contribution in [0.3, 0.4) is 0 Å². The highest BCUT2D eigenvalue weighted by Gasteiger charge is 2.11. The van der Waals surface area contributed by atoms with Crippen molar-refractivity contribution < 1.29 is 9.50 Å². The second-order valence-corrected chi connectivity index (χ2v) is 5.77. The van der Waals surface area contributed by atoms with E-state index in [1.165, 1.54) is 12.1 Å². The van der Waals surface area contributed by atoms with Crippen LogP contribution in [0.1, 0.15) is 11.6 Å². The number of hydrogen-bond acceptors (Lipinski definition) is 2. The van der Waals surface area contributed by atoms with Gasteiger partial charge < -0.3 is 10.4 Å². The van der Waals surface area contributed by atoms with Gasteiger partial charge in [-0.25, -0.2) is 4.39 Å². The molecule has 1 atom stereocenters. The summed E-state index contributed by atoms with van der Waals surface area (Å²) in [6.45, 7) is -0.0501. The van der Waals surface area contributed by atoms with Crippen molar-refractivity contribution in [2.45, 2.75) is 6.04 Å². The van der Waals surface area contributed by atoms with Gasteiger partial charge in [-0.05, 0) is 73.8 Å². The van der Waals surface area contributed by atoms with E-state index in [4.69, 9.17) is 0 Å². The number of halogens is 3. The summed E-state index contributed by atoms with van der Waals surface area (Å²) in [6.07, 6.45) is 0. The van der Waals surface area contributed by atoms with Gasteiger partial charge in [0.25, 0.3) is 0 Å². The molecule has 2 aromatic carbocycles. The molecule has 0 fully saturated rings. The van der Waals surface area contributed by atoms with E-state index >= 15 is 0 Å². The molecule has 0 amide bonds. The Morgan fingerprint density at radius 2 is 1.74 bits per heavy atom. The molecule has 0 aliphatic carbocycles. The fourth-order valence-electron chi connectivity index (χ4n) is 1.71. The average Bonchev–Trinajstić information content (AvgIpc) is 2.41. The van der Waals surface area contributed by atoms with E-state index in [-0.39, 0.29) is 18.5 Å². The topological polar surface area (TPSA) is 32.3 Å². The molecule has 2 N–H and O–H groups in total. The van der Waals surface area contributed by atoms with Crippen LogP contribution in [0.5, 0.6) is 0 Å². The number of aliphatic hydroxyl groups is 1. The molecule has 2 nitrogen and oxygen atoms in total. The molecule has 2 rings (SSSR count). The second kappa shape index (κ2) is 6.50. The molecule has 0 aliphatic rings. The molecule has 0 aliphatic heterocycles. The predicted octanol–water partition coefficient (Wildman–Crippen LogP) is 4.50. The Balaban J connectivity index is 2.19. The van der Waals surface area contributed by atoms with Crippen LogP contribution in [-0.2, 0) is 0 Å². The molecule has 0 heterocycles. The lowest BCUT2D eigenvalue weighted by Gasteiger charge is -2.18. The molecule has 100 valence electrons. The van der Waals surface area contributed by atoms with Gasteiger partial charge in [0.15, 0.2) is 0 Å². The summed E-state index contributed by atoms with van der Waals surface area (Å²) in [4.78, 5) is 0. The molecule has 0 spiro atoms. The fraction of sp³-hybridized carbons (Fsp3) is 0.143. The van der Waals surface area contributed by atoms with Gasteiger partial charge in [0.1, 0.15) is 5.82 Å². The average molecular weight is 389 g/mol. The molecule has 19 heavy (non-hydrogen) atoms. The third kappa shape index (κ3) is 3.78. The molecule has 0 aromatic heterocycles. The third-order valence-electron chi connectivity index (χ3n) is 2.71. The first-order valence-corrected chi connectivity index (χ1v) is 7.26. The summed E-state index contributed by atoms with van der Waals surface area (Å²) in [7, 11) is 0. The van der Waals surface area contributed by atoms with E-state index < -0.39 is 0 Å². The van der Waals surface area contributed by atoms with Crippen LogP contribution in [0.15, 0.2) is 51.4 Å². The monoisotopic (exact) mass is 387 g/mol. The van der Waals surface area contributed by atoms with Crippen molar-refractivity contribution in [3.05, 3.63) is 62.8 Å². The molecular weight excluding hydrogens is 377 g/mol. The minimum absolute atomic E-state index is 0.0501. The summed E-state index contributed by atoms with van der Waals surface area (Å²) in [5, 5.41) is 12.7. The van der Waals surface area contributed by atoms with Crippen molar-refractivity contribution in [2.75, 3.05) is 11.9 Å². The van der Waals surface area contributed by atoms with Crippen molar-refractivity contribution in [1.29, 1.82) is 0 Å². The van der Waals surface area contributed by atoms with Gasteiger partial charge in [0.2, 0.25) is 0 Å². The van der Waals surface area contributed by atoms with E-state index in [0.717, 1.165) is 20.2 Å². The first-order valence-electron chi connectivity index (χ1n) is 5.68. The molecular formula is C14H12Br2FNO. The minimum Gasteiger partial charge on any atom is -0.394 e. The van der Waals surface area contributed by atoms with Crippen molar-refractivity contribution >= 4 is 37.5 Å². The van der Waals surface area contributed by atoms with Gasteiger partial charge in [0, 0.05) is 14.6 Å². The van der Waals surface area contributed by atoms with Crippen molar-refractivity contribution in [1.82, 2.24) is 0 Å². The summed E-state index contributed by atoms with van der Waals surface area (Å²) < 4.78 is 14.7. The molecule has 0 bridgehead atoms. The summed E-state index contributed by atoms with van der Waals surface area (Å²) in [5.41, 5.74) is 1.71. The van der Waals surface area contributed by atoms with Gasteiger partial charge in [-0.2, -0.15) is 0 Å². The van der Waals surface area contributed by atoms with Crippen LogP contribution < -0.4 is 5.32 Å². The zero-order valence-electron chi connectivity index (χ0n) is 9.91. The van der Waals surface area contributed by atoms with Gasteiger partial charge >= 0.3 is 0 Å². The van der Waals surface area contributed by atoms with Crippen LogP contribution in [0.4, 0.5) is 10.1 Å². The summed E-state index contributed by atoms with van der Waals surface area (Å²) in [6, 6.07) is 11.6. The zero-order valence-corrected chi connectivity index (χ0v) is 13.1. The fourth-order valence-corrected chi connectivity index (χ4v) is 2.35. The number of nitrogens with one attached hydrogen (secondary N) is 1. The van der Waals surface area contributed by atoms with Crippen molar-refractivity contribution in [2.24, 2.45) is 0 Å². The molecule has 1 unspecified atom stereocenters. The van der Waals surface area contributed by atoms with E-state index in [1.54, 1.807) is 12.1 Å². The molecule has 5 heteroatoms. The SMILES string of the molecule is OCC(Nc1ccc(F)cc1)c1ccc(Br)c(Br)c1. The maximum atomic E-state index is 12.8. The number of anilines is 1. The summed E-state index contributed by atoms with van der Waals surface area (Å²) >= 11 is 6.84. The smallest absolute Gasteiger partial charge is 0.123 e. The van der Waals surface area contributed by atoms with Crippen molar-refractivity contribution in [3.8, 4) is 0 Å². The van der Waals surface area contributed by atoms with Crippen LogP contribution in [0, 0.1) is 5.82 Å². The van der Waals surface area contributed by atoms with Crippen LogP contribution in [0.25, 0.3) is 0 Å². The van der Waals surface area contributed by atoms with Gasteiger partial charge in [-0.15, -0.1) is 0 Å². The van der Waals surface area contributed by atoms with Crippen LogP contribution in [-0.4, -0.2) is 11.7 Å². The second-order valence-electron chi connectivity index (χ2n) is 4.06. The number of benzene rings is 2. The van der Waals surface area contributed by atoms with Gasteiger partial charge in [-0.1, -0.05) is 6.07 Å². The van der Waals surface area contributed by atoms with Crippen LogP contribution >= 0.6 is 31.9 Å². The number of rotatable bonds is 4. The molecule has 0 radical (unpaired) electrons. The maximum absolute atomic E-state index is 12.8.